The number of hydrogen-bond donors (Lipinski definition) is 1. The van der Waals surface area contributed by atoms with Gasteiger partial charge in [0.1, 0.15) is 0 Å². The van der Waals surface area contributed by atoms with Crippen LogP contribution in [-0.4, -0.2) is 33.6 Å². The Balaban J connectivity index is 3.18. The number of aromatic nitrogens is 2. The van der Waals surface area contributed by atoms with Crippen molar-refractivity contribution in [3.8, 4) is 0 Å². The Morgan fingerprint density at radius 2 is 2.00 bits per heavy atom. The average molecular weight is 223 g/mol. The number of carboxylic acid groups (broad SMARTS) is 1. The Morgan fingerprint density at radius 1 is 1.44 bits per heavy atom. The van der Waals surface area contributed by atoms with Gasteiger partial charge in [0.25, 0.3) is 0 Å². The summed E-state index contributed by atoms with van der Waals surface area (Å²) in [4.78, 5) is 20.8. The molecule has 1 aromatic heterocycles. The van der Waals surface area contributed by atoms with Crippen molar-refractivity contribution < 1.29 is 9.90 Å². The minimum atomic E-state index is -1.05. The molecule has 16 heavy (non-hydrogen) atoms. The van der Waals surface area contributed by atoms with E-state index in [-0.39, 0.29) is 11.2 Å². The van der Waals surface area contributed by atoms with Gasteiger partial charge in [-0.15, -0.1) is 0 Å². The molecule has 1 N–H and O–H groups in total. The Morgan fingerprint density at radius 3 is 2.50 bits per heavy atom. The third kappa shape index (κ3) is 2.29. The van der Waals surface area contributed by atoms with Crippen molar-refractivity contribution in [1.82, 2.24) is 9.97 Å². The first-order chi connectivity index (χ1) is 7.40. The van der Waals surface area contributed by atoms with Crippen molar-refractivity contribution in [2.75, 3.05) is 11.9 Å². The van der Waals surface area contributed by atoms with Gasteiger partial charge in [0.2, 0.25) is 0 Å². The van der Waals surface area contributed by atoms with E-state index in [4.69, 9.17) is 5.11 Å². The summed E-state index contributed by atoms with van der Waals surface area (Å²) in [6.07, 6.45) is 3.78. The molecule has 1 heterocycles. The van der Waals surface area contributed by atoms with E-state index in [0.29, 0.717) is 5.82 Å². The fourth-order valence-corrected chi connectivity index (χ4v) is 1.25. The first-order valence-corrected chi connectivity index (χ1v) is 5.18. The topological polar surface area (TPSA) is 66.3 Å². The molecule has 0 saturated carbocycles. The second kappa shape index (κ2) is 4.47. The summed E-state index contributed by atoms with van der Waals surface area (Å²) in [6, 6.07) is 0. The lowest BCUT2D eigenvalue weighted by Gasteiger charge is -2.36. The van der Waals surface area contributed by atoms with E-state index in [1.54, 1.807) is 0 Å². The monoisotopic (exact) mass is 223 g/mol. The number of carbonyl (C=O) groups is 1. The molecule has 1 rings (SSSR count). The first-order valence-electron chi connectivity index (χ1n) is 5.18. The van der Waals surface area contributed by atoms with Gasteiger partial charge in [0, 0.05) is 25.0 Å². The SMILES string of the molecule is CCC(C)(C)N(C)c1nccnc1C(=O)O. The minimum Gasteiger partial charge on any atom is -0.476 e. The number of nitrogens with zero attached hydrogens (tertiary/aromatic N) is 3. The zero-order chi connectivity index (χ0) is 12.3. The van der Waals surface area contributed by atoms with Crippen LogP contribution in [0.3, 0.4) is 0 Å². The summed E-state index contributed by atoms with van der Waals surface area (Å²) < 4.78 is 0. The summed E-state index contributed by atoms with van der Waals surface area (Å²) in [5.41, 5.74) is -0.160. The summed E-state index contributed by atoms with van der Waals surface area (Å²) in [5.74, 6) is -0.649. The lowest BCUT2D eigenvalue weighted by molar-refractivity contribution is 0.0690. The van der Waals surface area contributed by atoms with Crippen LogP contribution in [0.2, 0.25) is 0 Å². The molecular weight excluding hydrogens is 206 g/mol. The predicted octanol–water partition coefficient (Wildman–Crippen LogP) is 1.80. The number of hydrogen-bond acceptors (Lipinski definition) is 4. The molecule has 0 spiro atoms. The van der Waals surface area contributed by atoms with Crippen LogP contribution in [0, 0.1) is 0 Å². The highest BCUT2D eigenvalue weighted by Gasteiger charge is 2.26. The average Bonchev–Trinajstić information content (AvgIpc) is 2.28. The molecule has 0 atom stereocenters. The second-order valence-electron chi connectivity index (χ2n) is 4.26. The highest BCUT2D eigenvalue weighted by Crippen LogP contribution is 2.24. The Hall–Kier alpha value is -1.65. The van der Waals surface area contributed by atoms with Crippen LogP contribution in [0.4, 0.5) is 5.82 Å². The molecule has 5 heteroatoms. The van der Waals surface area contributed by atoms with Crippen molar-refractivity contribution in [3.63, 3.8) is 0 Å². The molecule has 1 aromatic rings. The predicted molar refractivity (Wildman–Crippen MR) is 61.8 cm³/mol. The van der Waals surface area contributed by atoms with E-state index in [1.165, 1.54) is 12.4 Å². The van der Waals surface area contributed by atoms with E-state index >= 15 is 0 Å². The molecule has 0 aromatic carbocycles. The van der Waals surface area contributed by atoms with Crippen LogP contribution in [0.25, 0.3) is 0 Å². The first kappa shape index (κ1) is 12.4. The van der Waals surface area contributed by atoms with Crippen LogP contribution in [-0.2, 0) is 0 Å². The molecule has 0 saturated heterocycles. The second-order valence-corrected chi connectivity index (χ2v) is 4.26. The Kier molecular flexibility index (Phi) is 3.47. The maximum atomic E-state index is 11.0. The zero-order valence-electron chi connectivity index (χ0n) is 10.1. The molecule has 0 aliphatic carbocycles. The lowest BCUT2D eigenvalue weighted by atomic mass is 10.00. The Bertz CT molecular complexity index is 391. The van der Waals surface area contributed by atoms with Gasteiger partial charge in [-0.05, 0) is 20.3 Å². The fourth-order valence-electron chi connectivity index (χ4n) is 1.25. The van der Waals surface area contributed by atoms with Gasteiger partial charge in [0.15, 0.2) is 11.5 Å². The van der Waals surface area contributed by atoms with Crippen molar-refractivity contribution in [1.29, 1.82) is 0 Å². The molecule has 0 amide bonds. The number of carboxylic acids is 1. The largest absolute Gasteiger partial charge is 0.476 e. The molecule has 88 valence electrons. The van der Waals surface area contributed by atoms with E-state index in [2.05, 4.69) is 9.97 Å². The van der Waals surface area contributed by atoms with E-state index in [0.717, 1.165) is 6.42 Å². The smallest absolute Gasteiger partial charge is 0.358 e. The van der Waals surface area contributed by atoms with Crippen molar-refractivity contribution in [2.24, 2.45) is 0 Å². The number of anilines is 1. The molecule has 5 nitrogen and oxygen atoms in total. The highest BCUT2D eigenvalue weighted by atomic mass is 16.4. The van der Waals surface area contributed by atoms with E-state index in [1.807, 2.05) is 32.7 Å². The summed E-state index contributed by atoms with van der Waals surface area (Å²) in [5, 5.41) is 9.02. The van der Waals surface area contributed by atoms with Crippen LogP contribution >= 0.6 is 0 Å². The van der Waals surface area contributed by atoms with Crippen molar-refractivity contribution in [3.05, 3.63) is 18.1 Å². The molecule has 0 radical (unpaired) electrons. The van der Waals surface area contributed by atoms with Crippen LogP contribution in [0.15, 0.2) is 12.4 Å². The zero-order valence-corrected chi connectivity index (χ0v) is 10.1. The van der Waals surface area contributed by atoms with Gasteiger partial charge >= 0.3 is 5.97 Å². The molecule has 0 unspecified atom stereocenters. The molecular formula is C11H17N3O2. The molecule has 0 aliphatic heterocycles. The standard InChI is InChI=1S/C11H17N3O2/c1-5-11(2,3)14(4)9-8(10(15)16)12-6-7-13-9/h6-7H,5H2,1-4H3,(H,15,16). The Labute approximate surface area is 95.1 Å². The summed E-state index contributed by atoms with van der Waals surface area (Å²) in [6.45, 7) is 6.12. The van der Waals surface area contributed by atoms with Crippen LogP contribution in [0.1, 0.15) is 37.7 Å². The molecule has 0 bridgehead atoms. The molecule has 0 fully saturated rings. The van der Waals surface area contributed by atoms with Gasteiger partial charge in [0.05, 0.1) is 0 Å². The number of aromatic carboxylic acids is 1. The van der Waals surface area contributed by atoms with Crippen molar-refractivity contribution in [2.45, 2.75) is 32.7 Å². The van der Waals surface area contributed by atoms with Gasteiger partial charge < -0.3 is 10.0 Å². The fraction of sp³-hybridized carbons (Fsp3) is 0.545. The van der Waals surface area contributed by atoms with Crippen LogP contribution < -0.4 is 4.90 Å². The minimum absolute atomic E-state index is 0.00785. The number of rotatable bonds is 4. The maximum absolute atomic E-state index is 11.0. The van der Waals surface area contributed by atoms with E-state index in [9.17, 15) is 4.79 Å². The van der Waals surface area contributed by atoms with Gasteiger partial charge in [-0.25, -0.2) is 14.8 Å². The lowest BCUT2D eigenvalue weighted by Crippen LogP contribution is -2.42. The maximum Gasteiger partial charge on any atom is 0.358 e. The third-order valence-electron chi connectivity index (χ3n) is 2.97. The van der Waals surface area contributed by atoms with Crippen molar-refractivity contribution >= 4 is 11.8 Å². The van der Waals surface area contributed by atoms with E-state index < -0.39 is 5.97 Å². The highest BCUT2D eigenvalue weighted by molar-refractivity contribution is 5.91. The van der Waals surface area contributed by atoms with Crippen LogP contribution in [0.5, 0.6) is 0 Å². The third-order valence-corrected chi connectivity index (χ3v) is 2.97. The van der Waals surface area contributed by atoms with Gasteiger partial charge in [-0.1, -0.05) is 6.92 Å². The van der Waals surface area contributed by atoms with Gasteiger partial charge in [-0.2, -0.15) is 0 Å². The summed E-state index contributed by atoms with van der Waals surface area (Å²) in [7, 11) is 1.83. The van der Waals surface area contributed by atoms with Gasteiger partial charge in [-0.3, -0.25) is 0 Å². The quantitative estimate of drug-likeness (QED) is 0.843. The molecule has 0 aliphatic rings. The normalized spacial score (nSPS) is 11.2. The summed E-state index contributed by atoms with van der Waals surface area (Å²) >= 11 is 0.